The molecule has 10 heteroatoms. The van der Waals surface area contributed by atoms with Gasteiger partial charge in [-0.3, -0.25) is 4.79 Å². The maximum atomic E-state index is 13.6. The third kappa shape index (κ3) is 6.83. The zero-order chi connectivity index (χ0) is 26.4. The molecule has 0 atom stereocenters. The van der Waals surface area contributed by atoms with E-state index >= 15 is 0 Å². The monoisotopic (exact) mass is 574 g/mol. The van der Waals surface area contributed by atoms with Gasteiger partial charge in [-0.15, -0.1) is 0 Å². The molecule has 0 saturated heterocycles. The molecule has 190 valence electrons. The number of halogens is 3. The quantitative estimate of drug-likeness (QED) is 0.228. The highest BCUT2D eigenvalue weighted by atomic mass is 35.5. The molecule has 0 spiro atoms. The number of carbonyl (C=O) groups is 1. The first kappa shape index (κ1) is 27.0. The molecular formula is C27H21Cl3N2O4S. The first-order chi connectivity index (χ1) is 17.7. The number of hydrogen-bond acceptors (Lipinski definition) is 4. The molecule has 0 aliphatic carbocycles. The van der Waals surface area contributed by atoms with Gasteiger partial charge in [-0.05, 0) is 60.7 Å². The number of amides is 1. The van der Waals surface area contributed by atoms with Crippen LogP contribution in [0.5, 0.6) is 11.5 Å². The molecule has 37 heavy (non-hydrogen) atoms. The minimum atomic E-state index is -4.13. The maximum absolute atomic E-state index is 13.6. The number of rotatable bonds is 9. The van der Waals surface area contributed by atoms with Gasteiger partial charge in [0.25, 0.3) is 0 Å². The molecule has 0 unspecified atom stereocenters. The fourth-order valence-corrected chi connectivity index (χ4v) is 5.47. The van der Waals surface area contributed by atoms with Gasteiger partial charge < -0.3 is 10.1 Å². The predicted molar refractivity (Wildman–Crippen MR) is 147 cm³/mol. The van der Waals surface area contributed by atoms with E-state index in [0.717, 1.165) is 4.31 Å². The van der Waals surface area contributed by atoms with E-state index in [2.05, 4.69) is 5.32 Å². The third-order valence-corrected chi connectivity index (χ3v) is 8.07. The molecule has 0 radical (unpaired) electrons. The van der Waals surface area contributed by atoms with Gasteiger partial charge in [-0.1, -0.05) is 71.2 Å². The van der Waals surface area contributed by atoms with Crippen LogP contribution >= 0.6 is 34.8 Å². The predicted octanol–water partition coefficient (Wildman–Crippen LogP) is 7.27. The summed E-state index contributed by atoms with van der Waals surface area (Å²) in [4.78, 5) is 13.1. The number of anilines is 1. The largest absolute Gasteiger partial charge is 0.455 e. The highest BCUT2D eigenvalue weighted by molar-refractivity contribution is 7.89. The zero-order valence-electron chi connectivity index (χ0n) is 19.3. The van der Waals surface area contributed by atoms with E-state index in [0.29, 0.717) is 27.8 Å². The van der Waals surface area contributed by atoms with Crippen LogP contribution in [-0.2, 0) is 21.4 Å². The second kappa shape index (κ2) is 12.0. The van der Waals surface area contributed by atoms with E-state index in [4.69, 9.17) is 39.5 Å². The van der Waals surface area contributed by atoms with Crippen molar-refractivity contribution in [2.24, 2.45) is 0 Å². The summed E-state index contributed by atoms with van der Waals surface area (Å²) in [5, 5.41) is 3.70. The maximum Gasteiger partial charge on any atom is 0.243 e. The van der Waals surface area contributed by atoms with Crippen molar-refractivity contribution in [3.05, 3.63) is 118 Å². The summed E-state index contributed by atoms with van der Waals surface area (Å²) in [6, 6.07) is 26.5. The smallest absolute Gasteiger partial charge is 0.243 e. The Morgan fingerprint density at radius 2 is 1.41 bits per heavy atom. The van der Waals surface area contributed by atoms with Crippen molar-refractivity contribution in [1.29, 1.82) is 0 Å². The molecule has 4 aromatic carbocycles. The summed E-state index contributed by atoms with van der Waals surface area (Å²) in [7, 11) is -4.13. The van der Waals surface area contributed by atoms with Gasteiger partial charge in [0, 0.05) is 27.2 Å². The lowest BCUT2D eigenvalue weighted by Crippen LogP contribution is -2.37. The first-order valence-electron chi connectivity index (χ1n) is 11.0. The van der Waals surface area contributed by atoms with Gasteiger partial charge in [-0.25, -0.2) is 8.42 Å². The Morgan fingerprint density at radius 1 is 0.784 bits per heavy atom. The Hall–Kier alpha value is -3.07. The van der Waals surface area contributed by atoms with Crippen LogP contribution in [0.25, 0.3) is 0 Å². The molecule has 0 aliphatic heterocycles. The minimum Gasteiger partial charge on any atom is -0.455 e. The highest BCUT2D eigenvalue weighted by Crippen LogP contribution is 2.31. The number of para-hydroxylation sites is 3. The van der Waals surface area contributed by atoms with Crippen molar-refractivity contribution < 1.29 is 17.9 Å². The molecular weight excluding hydrogens is 555 g/mol. The number of ether oxygens (including phenoxy) is 1. The molecule has 4 aromatic rings. The van der Waals surface area contributed by atoms with Crippen LogP contribution < -0.4 is 10.1 Å². The fraction of sp³-hybridized carbons (Fsp3) is 0.0741. The molecule has 0 aromatic heterocycles. The summed E-state index contributed by atoms with van der Waals surface area (Å²) in [5.74, 6) is 0.414. The van der Waals surface area contributed by atoms with E-state index < -0.39 is 22.5 Å². The molecule has 4 rings (SSSR count). The summed E-state index contributed by atoms with van der Waals surface area (Å²) in [6.45, 7) is -0.731. The number of sulfonamides is 1. The summed E-state index contributed by atoms with van der Waals surface area (Å²) in [5.41, 5.74) is 0.764. The second-order valence-corrected chi connectivity index (χ2v) is 11.1. The Kier molecular flexibility index (Phi) is 8.74. The van der Waals surface area contributed by atoms with Crippen LogP contribution in [0.3, 0.4) is 0 Å². The van der Waals surface area contributed by atoms with Crippen LogP contribution in [-0.4, -0.2) is 25.2 Å². The lowest BCUT2D eigenvalue weighted by Gasteiger charge is -2.23. The van der Waals surface area contributed by atoms with Crippen molar-refractivity contribution in [2.75, 3.05) is 11.9 Å². The number of carbonyl (C=O) groups excluding carboxylic acids is 1. The molecule has 6 nitrogen and oxygen atoms in total. The topological polar surface area (TPSA) is 75.7 Å². The molecule has 1 amide bonds. The lowest BCUT2D eigenvalue weighted by atomic mass is 10.2. The van der Waals surface area contributed by atoms with Gasteiger partial charge in [0.05, 0.1) is 17.1 Å². The van der Waals surface area contributed by atoms with Crippen LogP contribution in [0.15, 0.2) is 102 Å². The second-order valence-electron chi connectivity index (χ2n) is 7.89. The Morgan fingerprint density at radius 3 is 2.08 bits per heavy atom. The van der Waals surface area contributed by atoms with Gasteiger partial charge in [0.1, 0.15) is 5.75 Å². The van der Waals surface area contributed by atoms with Crippen molar-refractivity contribution in [3.8, 4) is 11.5 Å². The Bertz CT molecular complexity index is 1480. The zero-order valence-corrected chi connectivity index (χ0v) is 22.4. The van der Waals surface area contributed by atoms with E-state index in [-0.39, 0.29) is 21.5 Å². The lowest BCUT2D eigenvalue weighted by molar-refractivity contribution is -0.116. The average Bonchev–Trinajstić information content (AvgIpc) is 2.87. The SMILES string of the molecule is O=C(CN(Cc1c(Cl)cccc1Cl)S(=O)(=O)c1ccc(Cl)cc1)Nc1ccccc1Oc1ccccc1. The number of hydrogen-bond donors (Lipinski definition) is 1. The highest BCUT2D eigenvalue weighted by Gasteiger charge is 2.28. The third-order valence-electron chi connectivity index (χ3n) is 5.30. The van der Waals surface area contributed by atoms with Gasteiger partial charge in [0.15, 0.2) is 5.75 Å². The van der Waals surface area contributed by atoms with Gasteiger partial charge in [-0.2, -0.15) is 4.31 Å². The number of benzene rings is 4. The van der Waals surface area contributed by atoms with E-state index in [9.17, 15) is 13.2 Å². The molecule has 0 bridgehead atoms. The van der Waals surface area contributed by atoms with Crippen molar-refractivity contribution in [2.45, 2.75) is 11.4 Å². The number of nitrogens with one attached hydrogen (secondary N) is 1. The van der Waals surface area contributed by atoms with Crippen molar-refractivity contribution >= 4 is 56.4 Å². The Labute approximate surface area is 230 Å². The Balaban J connectivity index is 1.62. The van der Waals surface area contributed by atoms with Gasteiger partial charge >= 0.3 is 0 Å². The summed E-state index contributed by atoms with van der Waals surface area (Å²) >= 11 is 18.6. The van der Waals surface area contributed by atoms with E-state index in [1.54, 1.807) is 54.6 Å². The van der Waals surface area contributed by atoms with Crippen molar-refractivity contribution in [1.82, 2.24) is 4.31 Å². The standard InChI is InChI=1S/C27H21Cl3N2O4S/c28-19-13-15-21(16-14-19)37(34,35)32(17-22-23(29)9-6-10-24(22)30)18-27(33)31-25-11-4-5-12-26(25)36-20-7-2-1-3-8-20/h1-16H,17-18H2,(H,31,33). The van der Waals surface area contributed by atoms with Crippen molar-refractivity contribution in [3.63, 3.8) is 0 Å². The number of nitrogens with zero attached hydrogens (tertiary/aromatic N) is 1. The summed E-state index contributed by atoms with van der Waals surface area (Å²) < 4.78 is 34.0. The van der Waals surface area contributed by atoms with E-state index in [1.165, 1.54) is 24.3 Å². The molecule has 0 fully saturated rings. The molecule has 0 saturated carbocycles. The summed E-state index contributed by atoms with van der Waals surface area (Å²) in [6.07, 6.45) is 0. The normalized spacial score (nSPS) is 11.4. The van der Waals surface area contributed by atoms with Crippen LogP contribution in [0.1, 0.15) is 5.56 Å². The first-order valence-corrected chi connectivity index (χ1v) is 13.6. The van der Waals surface area contributed by atoms with Gasteiger partial charge in [0.2, 0.25) is 15.9 Å². The van der Waals surface area contributed by atoms with Crippen LogP contribution in [0.2, 0.25) is 15.1 Å². The minimum absolute atomic E-state index is 0.0271. The average molecular weight is 576 g/mol. The van der Waals surface area contributed by atoms with E-state index in [1.807, 2.05) is 18.2 Å². The van der Waals surface area contributed by atoms with Crippen LogP contribution in [0.4, 0.5) is 5.69 Å². The molecule has 0 heterocycles. The van der Waals surface area contributed by atoms with Crippen LogP contribution in [0, 0.1) is 0 Å². The molecule has 1 N–H and O–H groups in total. The fourth-order valence-electron chi connectivity index (χ4n) is 3.47. The molecule has 0 aliphatic rings.